The number of ether oxygens (including phenoxy) is 1. The first kappa shape index (κ1) is 22.5. The van der Waals surface area contributed by atoms with Crippen LogP contribution in [0.4, 0.5) is 18.9 Å². The van der Waals surface area contributed by atoms with E-state index >= 15 is 0 Å². The van der Waals surface area contributed by atoms with Crippen molar-refractivity contribution in [2.45, 2.75) is 30.8 Å². The smallest absolute Gasteiger partial charge is 0.416 e. The fraction of sp³-hybridized carbons (Fsp3) is 0.316. The molecule has 6 nitrogen and oxygen atoms in total. The number of carboxylic acids is 1. The highest BCUT2D eigenvalue weighted by molar-refractivity contribution is 7.90. The lowest BCUT2D eigenvalue weighted by Gasteiger charge is -2.18. The van der Waals surface area contributed by atoms with Gasteiger partial charge in [-0.15, -0.1) is 0 Å². The summed E-state index contributed by atoms with van der Waals surface area (Å²) in [6.45, 7) is 2.32. The normalized spacial score (nSPS) is 11.9. The van der Waals surface area contributed by atoms with Crippen LogP contribution in [0.15, 0.2) is 41.3 Å². The van der Waals surface area contributed by atoms with Crippen LogP contribution in [0.5, 0.6) is 11.5 Å². The Bertz CT molecular complexity index is 1000. The molecule has 0 aliphatic carbocycles. The Morgan fingerprint density at radius 2 is 1.90 bits per heavy atom. The van der Waals surface area contributed by atoms with Crippen LogP contribution in [0.1, 0.15) is 35.7 Å². The molecule has 0 heterocycles. The Balaban J connectivity index is 2.62. The maximum absolute atomic E-state index is 13.0. The Labute approximate surface area is 166 Å². The second-order valence-electron chi connectivity index (χ2n) is 6.34. The van der Waals surface area contributed by atoms with Crippen molar-refractivity contribution < 1.29 is 36.2 Å². The number of hydrogen-bond acceptors (Lipinski definition) is 5. The number of aromatic carboxylic acids is 1. The second-order valence-corrected chi connectivity index (χ2v) is 8.32. The molecule has 2 aromatic rings. The lowest BCUT2D eigenvalue weighted by atomic mass is 10.1. The van der Waals surface area contributed by atoms with E-state index < -0.39 is 32.4 Å². The zero-order chi connectivity index (χ0) is 21.8. The SMILES string of the molecule is CCCCNc1cc(C(=O)O)cc(S(C)(=O)=O)c1Oc1cccc(C(F)(F)F)c1. The van der Waals surface area contributed by atoms with Crippen molar-refractivity contribution in [2.24, 2.45) is 0 Å². The number of benzene rings is 2. The van der Waals surface area contributed by atoms with Gasteiger partial charge in [0.25, 0.3) is 0 Å². The van der Waals surface area contributed by atoms with E-state index in [2.05, 4.69) is 5.32 Å². The van der Waals surface area contributed by atoms with Gasteiger partial charge in [0.05, 0.1) is 16.8 Å². The van der Waals surface area contributed by atoms with Crippen molar-refractivity contribution in [1.82, 2.24) is 0 Å². The Morgan fingerprint density at radius 3 is 2.45 bits per heavy atom. The summed E-state index contributed by atoms with van der Waals surface area (Å²) in [4.78, 5) is 11.0. The van der Waals surface area contributed by atoms with Crippen LogP contribution in [0.2, 0.25) is 0 Å². The van der Waals surface area contributed by atoms with Gasteiger partial charge in [0.15, 0.2) is 15.6 Å². The highest BCUT2D eigenvalue weighted by Gasteiger charge is 2.31. The summed E-state index contributed by atoms with van der Waals surface area (Å²) in [5.74, 6) is -1.83. The van der Waals surface area contributed by atoms with Gasteiger partial charge in [-0.3, -0.25) is 0 Å². The number of anilines is 1. The van der Waals surface area contributed by atoms with E-state index in [1.807, 2.05) is 6.92 Å². The zero-order valence-electron chi connectivity index (χ0n) is 15.7. The minimum absolute atomic E-state index is 0.0659. The summed E-state index contributed by atoms with van der Waals surface area (Å²) in [5.41, 5.74) is -1.18. The molecule has 0 fully saturated rings. The summed E-state index contributed by atoms with van der Waals surface area (Å²) in [7, 11) is -3.95. The lowest BCUT2D eigenvalue weighted by Crippen LogP contribution is -2.10. The summed E-state index contributed by atoms with van der Waals surface area (Å²) < 4.78 is 68.9. The number of sulfone groups is 1. The van der Waals surface area contributed by atoms with Crippen LogP contribution in [0, 0.1) is 0 Å². The van der Waals surface area contributed by atoms with E-state index in [4.69, 9.17) is 4.74 Å². The third kappa shape index (κ3) is 5.86. The van der Waals surface area contributed by atoms with Crippen LogP contribution < -0.4 is 10.1 Å². The average Bonchev–Trinajstić information content (AvgIpc) is 2.61. The largest absolute Gasteiger partial charge is 0.478 e. The van der Waals surface area contributed by atoms with Gasteiger partial charge in [-0.05, 0) is 36.8 Å². The Kier molecular flexibility index (Phi) is 6.78. The monoisotopic (exact) mass is 431 g/mol. The average molecular weight is 431 g/mol. The molecule has 0 bridgehead atoms. The topological polar surface area (TPSA) is 92.7 Å². The third-order valence-electron chi connectivity index (χ3n) is 3.93. The van der Waals surface area contributed by atoms with Crippen LogP contribution >= 0.6 is 0 Å². The molecule has 29 heavy (non-hydrogen) atoms. The molecule has 2 aromatic carbocycles. The predicted molar refractivity (Wildman–Crippen MR) is 101 cm³/mol. The van der Waals surface area contributed by atoms with Crippen molar-refractivity contribution in [3.63, 3.8) is 0 Å². The Hall–Kier alpha value is -2.75. The van der Waals surface area contributed by atoms with Crippen molar-refractivity contribution in [2.75, 3.05) is 18.1 Å². The predicted octanol–water partition coefficient (Wildman–Crippen LogP) is 4.81. The van der Waals surface area contributed by atoms with Gasteiger partial charge in [0.1, 0.15) is 10.6 Å². The van der Waals surface area contributed by atoms with Crippen LogP contribution in [0.3, 0.4) is 0 Å². The maximum atomic E-state index is 13.0. The van der Waals surface area contributed by atoms with Gasteiger partial charge in [-0.25, -0.2) is 13.2 Å². The number of rotatable bonds is 8. The molecule has 0 unspecified atom stereocenters. The number of alkyl halides is 3. The summed E-state index contributed by atoms with van der Waals surface area (Å²) in [6, 6.07) is 6.10. The van der Waals surface area contributed by atoms with Crippen LogP contribution in [0.25, 0.3) is 0 Å². The molecule has 0 atom stereocenters. The van der Waals surface area contributed by atoms with E-state index in [0.717, 1.165) is 36.9 Å². The first-order chi connectivity index (χ1) is 13.4. The maximum Gasteiger partial charge on any atom is 0.416 e. The quantitative estimate of drug-likeness (QED) is 0.583. The van der Waals surface area contributed by atoms with Crippen LogP contribution in [-0.2, 0) is 16.0 Å². The standard InChI is InChI=1S/C19H20F3NO5S/c1-3-4-8-23-15-9-12(18(24)25)10-16(29(2,26)27)17(15)28-14-7-5-6-13(11-14)19(20,21)22/h5-7,9-11,23H,3-4,8H2,1-2H3,(H,24,25). The molecule has 0 saturated carbocycles. The number of halogens is 3. The molecule has 0 spiro atoms. The third-order valence-corrected chi connectivity index (χ3v) is 5.03. The molecule has 158 valence electrons. The second kappa shape index (κ2) is 8.73. The van der Waals surface area contributed by atoms with Crippen molar-refractivity contribution >= 4 is 21.5 Å². The van der Waals surface area contributed by atoms with Crippen molar-refractivity contribution in [3.8, 4) is 11.5 Å². The molecule has 0 saturated heterocycles. The number of unbranched alkanes of at least 4 members (excludes halogenated alkanes) is 1. The molecule has 0 aromatic heterocycles. The first-order valence-electron chi connectivity index (χ1n) is 8.64. The van der Waals surface area contributed by atoms with E-state index in [1.165, 1.54) is 12.1 Å². The molecule has 0 radical (unpaired) electrons. The Morgan fingerprint density at radius 1 is 1.21 bits per heavy atom. The van der Waals surface area contributed by atoms with E-state index in [0.29, 0.717) is 13.0 Å². The summed E-state index contributed by atoms with van der Waals surface area (Å²) >= 11 is 0. The van der Waals surface area contributed by atoms with E-state index in [9.17, 15) is 31.5 Å². The summed E-state index contributed by atoms with van der Waals surface area (Å²) in [6.07, 6.45) is -2.22. The fourth-order valence-corrected chi connectivity index (χ4v) is 3.32. The van der Waals surface area contributed by atoms with Crippen LogP contribution in [-0.4, -0.2) is 32.3 Å². The van der Waals surface area contributed by atoms with Gasteiger partial charge in [-0.2, -0.15) is 13.2 Å². The molecular formula is C19H20F3NO5S. The minimum atomic E-state index is -4.60. The van der Waals surface area contributed by atoms with E-state index in [-0.39, 0.29) is 22.7 Å². The van der Waals surface area contributed by atoms with Crippen molar-refractivity contribution in [3.05, 3.63) is 47.5 Å². The molecule has 0 amide bonds. The van der Waals surface area contributed by atoms with Gasteiger partial charge in [0, 0.05) is 12.8 Å². The molecule has 2 rings (SSSR count). The minimum Gasteiger partial charge on any atom is -0.478 e. The molecular weight excluding hydrogens is 411 g/mol. The molecule has 0 aliphatic heterocycles. The highest BCUT2D eigenvalue weighted by Crippen LogP contribution is 2.39. The van der Waals surface area contributed by atoms with E-state index in [1.54, 1.807) is 0 Å². The van der Waals surface area contributed by atoms with Gasteiger partial charge >= 0.3 is 12.1 Å². The van der Waals surface area contributed by atoms with Gasteiger partial charge in [-0.1, -0.05) is 19.4 Å². The van der Waals surface area contributed by atoms with Crippen molar-refractivity contribution in [1.29, 1.82) is 0 Å². The number of hydrogen-bond donors (Lipinski definition) is 2. The molecule has 0 aliphatic rings. The zero-order valence-corrected chi connectivity index (χ0v) is 16.5. The molecule has 10 heteroatoms. The van der Waals surface area contributed by atoms with Gasteiger partial charge < -0.3 is 15.2 Å². The molecule has 2 N–H and O–H groups in total. The highest BCUT2D eigenvalue weighted by atomic mass is 32.2. The van der Waals surface area contributed by atoms with Gasteiger partial charge in [0.2, 0.25) is 0 Å². The number of carbonyl (C=O) groups is 1. The summed E-state index contributed by atoms with van der Waals surface area (Å²) in [5, 5.41) is 12.2. The lowest BCUT2D eigenvalue weighted by molar-refractivity contribution is -0.137. The number of nitrogens with one attached hydrogen (secondary N) is 1. The fourth-order valence-electron chi connectivity index (χ4n) is 2.49. The number of carboxylic acid groups (broad SMARTS) is 1. The first-order valence-corrected chi connectivity index (χ1v) is 10.5.